The van der Waals surface area contributed by atoms with Crippen molar-refractivity contribution >= 4 is 5.91 Å². The highest BCUT2D eigenvalue weighted by Gasteiger charge is 2.16. The van der Waals surface area contributed by atoms with E-state index in [9.17, 15) is 4.79 Å². The van der Waals surface area contributed by atoms with E-state index in [1.54, 1.807) is 0 Å². The molecule has 1 amide bonds. The molecule has 0 bridgehead atoms. The second kappa shape index (κ2) is 7.57. The van der Waals surface area contributed by atoms with Gasteiger partial charge in [-0.25, -0.2) is 0 Å². The molecule has 1 N–H and O–H groups in total. The van der Waals surface area contributed by atoms with Crippen molar-refractivity contribution in [3.63, 3.8) is 0 Å². The number of aryl methyl sites for hydroxylation is 2. The molecule has 2 aromatic rings. The Kier molecular flexibility index (Phi) is 5.25. The number of carbonyl (C=O) groups is 1. The molecule has 0 unspecified atom stereocenters. The molecule has 6 nitrogen and oxygen atoms in total. The van der Waals surface area contributed by atoms with Crippen molar-refractivity contribution in [3.8, 4) is 0 Å². The molecular weight excluding hydrogens is 304 g/mol. The lowest BCUT2D eigenvalue weighted by Gasteiger charge is -2.24. The summed E-state index contributed by atoms with van der Waals surface area (Å²) in [5.41, 5.74) is 2.64. The number of amides is 1. The van der Waals surface area contributed by atoms with E-state index in [4.69, 9.17) is 4.52 Å². The minimum atomic E-state index is -0.110. The van der Waals surface area contributed by atoms with Gasteiger partial charge in [0.15, 0.2) is 5.82 Å². The maximum absolute atomic E-state index is 12.4. The van der Waals surface area contributed by atoms with E-state index in [0.717, 1.165) is 24.2 Å². The lowest BCUT2D eigenvalue weighted by atomic mass is 10.0. The molecule has 2 heterocycles. The Balaban J connectivity index is 1.56. The van der Waals surface area contributed by atoms with Gasteiger partial charge in [0.25, 0.3) is 5.91 Å². The number of rotatable bonds is 5. The predicted molar refractivity (Wildman–Crippen MR) is 90.5 cm³/mol. The monoisotopic (exact) mass is 328 g/mol. The van der Waals surface area contributed by atoms with Crippen LogP contribution in [0.25, 0.3) is 0 Å². The fraction of sp³-hybridized carbons (Fsp3) is 0.500. The third-order valence-electron chi connectivity index (χ3n) is 4.43. The first kappa shape index (κ1) is 16.6. The molecule has 6 heteroatoms. The summed E-state index contributed by atoms with van der Waals surface area (Å²) in [6, 6.07) is 5.82. The van der Waals surface area contributed by atoms with Crippen molar-refractivity contribution in [2.45, 2.75) is 46.2 Å². The first-order valence-electron chi connectivity index (χ1n) is 8.52. The number of piperidine rings is 1. The van der Waals surface area contributed by atoms with Crippen molar-refractivity contribution < 1.29 is 9.32 Å². The van der Waals surface area contributed by atoms with Crippen molar-refractivity contribution in [3.05, 3.63) is 46.6 Å². The van der Waals surface area contributed by atoms with Gasteiger partial charge in [-0.05, 0) is 50.9 Å². The first-order valence-corrected chi connectivity index (χ1v) is 8.52. The van der Waals surface area contributed by atoms with Gasteiger partial charge in [0.1, 0.15) is 0 Å². The van der Waals surface area contributed by atoms with Crippen LogP contribution < -0.4 is 5.32 Å². The van der Waals surface area contributed by atoms with Crippen LogP contribution in [0.1, 0.15) is 52.5 Å². The summed E-state index contributed by atoms with van der Waals surface area (Å²) in [6.45, 7) is 7.02. The Morgan fingerprint density at radius 3 is 2.62 bits per heavy atom. The van der Waals surface area contributed by atoms with E-state index in [2.05, 4.69) is 20.4 Å². The summed E-state index contributed by atoms with van der Waals surface area (Å²) in [7, 11) is 0. The van der Waals surface area contributed by atoms with E-state index >= 15 is 0 Å². The summed E-state index contributed by atoms with van der Waals surface area (Å²) < 4.78 is 5.25. The number of benzene rings is 1. The van der Waals surface area contributed by atoms with E-state index in [0.29, 0.717) is 23.8 Å². The van der Waals surface area contributed by atoms with Gasteiger partial charge in [0, 0.05) is 5.56 Å². The topological polar surface area (TPSA) is 71.3 Å². The number of hydrogen-bond acceptors (Lipinski definition) is 5. The van der Waals surface area contributed by atoms with Crippen LogP contribution in [0.2, 0.25) is 0 Å². The summed E-state index contributed by atoms with van der Waals surface area (Å²) in [6.07, 6.45) is 3.77. The molecule has 24 heavy (non-hydrogen) atoms. The maximum Gasteiger partial charge on any atom is 0.252 e. The summed E-state index contributed by atoms with van der Waals surface area (Å²) >= 11 is 0. The number of hydrogen-bond donors (Lipinski definition) is 1. The minimum Gasteiger partial charge on any atom is -0.343 e. The number of aromatic nitrogens is 2. The quantitative estimate of drug-likeness (QED) is 0.913. The fourth-order valence-electron chi connectivity index (χ4n) is 3.16. The van der Waals surface area contributed by atoms with Gasteiger partial charge in [0.05, 0.1) is 13.1 Å². The van der Waals surface area contributed by atoms with Crippen LogP contribution in [-0.4, -0.2) is 34.0 Å². The van der Waals surface area contributed by atoms with Gasteiger partial charge in [-0.1, -0.05) is 29.8 Å². The Morgan fingerprint density at radius 1 is 1.21 bits per heavy atom. The molecule has 0 aliphatic carbocycles. The molecular formula is C18H24N4O2. The van der Waals surface area contributed by atoms with E-state index in [1.807, 2.05) is 32.0 Å². The predicted octanol–water partition coefficient (Wildman–Crippen LogP) is 2.60. The Labute approximate surface area is 142 Å². The van der Waals surface area contributed by atoms with Crippen LogP contribution in [0, 0.1) is 13.8 Å². The van der Waals surface area contributed by atoms with Crippen molar-refractivity contribution in [2.75, 3.05) is 13.1 Å². The number of carbonyl (C=O) groups excluding carboxylic acids is 1. The second-order valence-corrected chi connectivity index (χ2v) is 6.39. The molecule has 1 aromatic heterocycles. The summed E-state index contributed by atoms with van der Waals surface area (Å²) in [5.74, 6) is 1.02. The first-order chi connectivity index (χ1) is 11.6. The lowest BCUT2D eigenvalue weighted by Crippen LogP contribution is -2.29. The zero-order valence-corrected chi connectivity index (χ0v) is 14.3. The molecule has 0 atom stereocenters. The fourth-order valence-corrected chi connectivity index (χ4v) is 3.16. The molecule has 1 aromatic carbocycles. The van der Waals surface area contributed by atoms with Crippen LogP contribution in [0.4, 0.5) is 0 Å². The van der Waals surface area contributed by atoms with Crippen LogP contribution in [0.15, 0.2) is 22.7 Å². The van der Waals surface area contributed by atoms with Crippen LogP contribution in [0.5, 0.6) is 0 Å². The molecule has 3 rings (SSSR count). The van der Waals surface area contributed by atoms with E-state index in [1.165, 1.54) is 19.3 Å². The molecule has 0 radical (unpaired) electrons. The van der Waals surface area contributed by atoms with Gasteiger partial charge in [-0.2, -0.15) is 4.98 Å². The highest BCUT2D eigenvalue weighted by Crippen LogP contribution is 2.14. The molecule has 1 saturated heterocycles. The average Bonchev–Trinajstić information content (AvgIpc) is 3.01. The smallest absolute Gasteiger partial charge is 0.252 e. The average molecular weight is 328 g/mol. The molecule has 128 valence electrons. The Bertz CT molecular complexity index is 685. The van der Waals surface area contributed by atoms with Gasteiger partial charge < -0.3 is 9.84 Å². The molecule has 1 aliphatic rings. The van der Waals surface area contributed by atoms with Crippen molar-refractivity contribution in [2.24, 2.45) is 0 Å². The summed E-state index contributed by atoms with van der Waals surface area (Å²) in [4.78, 5) is 19.1. The summed E-state index contributed by atoms with van der Waals surface area (Å²) in [5, 5.41) is 6.88. The third-order valence-corrected chi connectivity index (χ3v) is 4.43. The Morgan fingerprint density at radius 2 is 1.92 bits per heavy atom. The molecule has 1 fully saturated rings. The maximum atomic E-state index is 12.4. The zero-order valence-electron chi connectivity index (χ0n) is 14.3. The number of nitrogens with zero attached hydrogens (tertiary/aromatic N) is 3. The van der Waals surface area contributed by atoms with Crippen LogP contribution >= 0.6 is 0 Å². The Hall–Kier alpha value is -2.21. The van der Waals surface area contributed by atoms with Gasteiger partial charge in [-0.15, -0.1) is 0 Å². The normalized spacial score (nSPS) is 15.4. The molecule has 0 saturated carbocycles. The SMILES string of the molecule is Cc1cccc(C)c1C(=O)NCc1nc(CN2CCCCC2)no1. The van der Waals surface area contributed by atoms with Crippen LogP contribution in [0.3, 0.4) is 0 Å². The van der Waals surface area contributed by atoms with E-state index in [-0.39, 0.29) is 12.5 Å². The highest BCUT2D eigenvalue weighted by molar-refractivity contribution is 5.96. The molecule has 1 aliphatic heterocycles. The van der Waals surface area contributed by atoms with Crippen LogP contribution in [-0.2, 0) is 13.1 Å². The van der Waals surface area contributed by atoms with Gasteiger partial charge in [-0.3, -0.25) is 9.69 Å². The standard InChI is InChI=1S/C18H24N4O2/c1-13-7-6-8-14(2)17(13)18(23)19-11-16-20-15(21-24-16)12-22-9-4-3-5-10-22/h6-8H,3-5,9-12H2,1-2H3,(H,19,23). The second-order valence-electron chi connectivity index (χ2n) is 6.39. The largest absolute Gasteiger partial charge is 0.343 e. The highest BCUT2D eigenvalue weighted by atomic mass is 16.5. The molecule has 0 spiro atoms. The minimum absolute atomic E-state index is 0.110. The third kappa shape index (κ3) is 4.00. The number of nitrogens with one attached hydrogen (secondary N) is 1. The van der Waals surface area contributed by atoms with Gasteiger partial charge in [0.2, 0.25) is 5.89 Å². The van der Waals surface area contributed by atoms with Crippen molar-refractivity contribution in [1.29, 1.82) is 0 Å². The van der Waals surface area contributed by atoms with E-state index < -0.39 is 0 Å². The number of likely N-dealkylation sites (tertiary alicyclic amines) is 1. The zero-order chi connectivity index (χ0) is 16.9. The van der Waals surface area contributed by atoms with Gasteiger partial charge >= 0.3 is 0 Å². The van der Waals surface area contributed by atoms with Crippen molar-refractivity contribution in [1.82, 2.24) is 20.4 Å². The lowest BCUT2D eigenvalue weighted by molar-refractivity contribution is 0.0945.